The van der Waals surface area contributed by atoms with E-state index < -0.39 is 0 Å². The number of nitrogens with zero attached hydrogens (tertiary/aromatic N) is 1. The molecule has 3 heteroatoms. The van der Waals surface area contributed by atoms with Gasteiger partial charge in [0, 0.05) is 6.54 Å². The first kappa shape index (κ1) is 15.8. The normalized spacial score (nSPS) is 25.3. The van der Waals surface area contributed by atoms with Gasteiger partial charge in [0.2, 0.25) is 5.91 Å². The second kappa shape index (κ2) is 5.55. The molecule has 2 aromatic rings. The predicted molar refractivity (Wildman–Crippen MR) is 102 cm³/mol. The molecule has 1 saturated carbocycles. The minimum absolute atomic E-state index is 0.272. The van der Waals surface area contributed by atoms with E-state index in [9.17, 15) is 4.79 Å². The number of likely N-dealkylation sites (tertiary alicyclic amines) is 1. The van der Waals surface area contributed by atoms with Crippen LogP contribution in [-0.2, 0) is 27.2 Å². The molecule has 3 aliphatic rings. The lowest BCUT2D eigenvalue weighted by Gasteiger charge is -2.27. The van der Waals surface area contributed by atoms with Crippen LogP contribution in [0.1, 0.15) is 41.5 Å². The highest BCUT2D eigenvalue weighted by Crippen LogP contribution is 2.52. The van der Waals surface area contributed by atoms with E-state index in [4.69, 9.17) is 4.74 Å². The summed E-state index contributed by atoms with van der Waals surface area (Å²) in [6.45, 7) is 5.92. The quantitative estimate of drug-likeness (QED) is 0.841. The number of rotatable bonds is 3. The Balaban J connectivity index is 1.40. The Kier molecular flexibility index (Phi) is 3.38. The molecule has 26 heavy (non-hydrogen) atoms. The molecule has 1 aliphatic carbocycles. The van der Waals surface area contributed by atoms with Crippen LogP contribution in [0.15, 0.2) is 55.1 Å². The maximum Gasteiger partial charge on any atom is 0.233 e. The van der Waals surface area contributed by atoms with Gasteiger partial charge in [-0.25, -0.2) is 0 Å². The molecule has 0 aromatic heterocycles. The number of benzene rings is 2. The van der Waals surface area contributed by atoms with Gasteiger partial charge >= 0.3 is 0 Å². The van der Waals surface area contributed by atoms with Gasteiger partial charge < -0.3 is 9.64 Å². The number of amides is 1. The van der Waals surface area contributed by atoms with Crippen molar-refractivity contribution in [2.45, 2.75) is 36.9 Å². The standard InChI is InChI=1S/C23H23NO2/c1-2-17-7-9-19(10-8-17)22(11-12-22)21(25)24-14-13-23(16-24)20-6-4-3-5-18(20)15-26-23/h2-10H,1,11-16H2. The molecule has 3 nitrogen and oxygen atoms in total. The Morgan fingerprint density at radius 3 is 2.58 bits per heavy atom. The number of hydrogen-bond acceptors (Lipinski definition) is 2. The molecule has 1 unspecified atom stereocenters. The monoisotopic (exact) mass is 345 g/mol. The van der Waals surface area contributed by atoms with Gasteiger partial charge in [0.1, 0.15) is 5.60 Å². The van der Waals surface area contributed by atoms with Crippen LogP contribution in [0.2, 0.25) is 0 Å². The van der Waals surface area contributed by atoms with Crippen LogP contribution in [0.5, 0.6) is 0 Å². The fourth-order valence-electron chi connectivity index (χ4n) is 4.67. The Labute approximate surface area is 154 Å². The lowest BCUT2D eigenvalue weighted by Crippen LogP contribution is -2.40. The molecule has 1 amide bonds. The van der Waals surface area contributed by atoms with Gasteiger partial charge in [-0.3, -0.25) is 4.79 Å². The summed E-state index contributed by atoms with van der Waals surface area (Å²) in [5.74, 6) is 0.272. The highest BCUT2D eigenvalue weighted by atomic mass is 16.5. The van der Waals surface area contributed by atoms with Crippen LogP contribution in [0.3, 0.4) is 0 Å². The van der Waals surface area contributed by atoms with E-state index in [1.165, 1.54) is 11.1 Å². The zero-order valence-electron chi connectivity index (χ0n) is 14.9. The summed E-state index contributed by atoms with van der Waals surface area (Å²) >= 11 is 0. The van der Waals surface area contributed by atoms with Crippen molar-refractivity contribution in [3.05, 3.63) is 77.4 Å². The maximum absolute atomic E-state index is 13.4. The zero-order chi connectivity index (χ0) is 17.8. The summed E-state index contributed by atoms with van der Waals surface area (Å²) in [4.78, 5) is 15.4. The largest absolute Gasteiger partial charge is 0.364 e. The van der Waals surface area contributed by atoms with Crippen LogP contribution in [0.25, 0.3) is 6.08 Å². The summed E-state index contributed by atoms with van der Waals surface area (Å²) < 4.78 is 6.22. The molecule has 2 aliphatic heterocycles. The molecular formula is C23H23NO2. The first-order chi connectivity index (χ1) is 12.7. The third-order valence-electron chi connectivity index (χ3n) is 6.39. The minimum atomic E-state index is -0.316. The molecule has 0 bridgehead atoms. The van der Waals surface area contributed by atoms with Crippen molar-refractivity contribution in [2.75, 3.05) is 13.1 Å². The highest BCUT2D eigenvalue weighted by molar-refractivity contribution is 5.91. The van der Waals surface area contributed by atoms with Gasteiger partial charge in [0.15, 0.2) is 0 Å². The molecule has 5 rings (SSSR count). The number of ether oxygens (including phenoxy) is 1. The third-order valence-corrected chi connectivity index (χ3v) is 6.39. The Hall–Kier alpha value is -2.39. The SMILES string of the molecule is C=Cc1ccc(C2(C(=O)N3CCC4(C3)OCc3ccccc34)CC2)cc1. The summed E-state index contributed by atoms with van der Waals surface area (Å²) in [7, 11) is 0. The highest BCUT2D eigenvalue weighted by Gasteiger charge is 2.56. The van der Waals surface area contributed by atoms with Crippen LogP contribution in [0.4, 0.5) is 0 Å². The molecule has 2 fully saturated rings. The van der Waals surface area contributed by atoms with Crippen molar-refractivity contribution in [3.63, 3.8) is 0 Å². The van der Waals surface area contributed by atoms with E-state index in [-0.39, 0.29) is 16.9 Å². The van der Waals surface area contributed by atoms with Gasteiger partial charge in [0.05, 0.1) is 18.6 Å². The number of carbonyl (C=O) groups is 1. The molecule has 1 spiro atoms. The molecule has 132 valence electrons. The van der Waals surface area contributed by atoms with Crippen LogP contribution in [-0.4, -0.2) is 23.9 Å². The first-order valence-corrected chi connectivity index (χ1v) is 9.42. The topological polar surface area (TPSA) is 29.5 Å². The number of fused-ring (bicyclic) bond motifs is 2. The fourth-order valence-corrected chi connectivity index (χ4v) is 4.67. The fraction of sp³-hybridized carbons (Fsp3) is 0.348. The lowest BCUT2D eigenvalue weighted by molar-refractivity contribution is -0.134. The minimum Gasteiger partial charge on any atom is -0.364 e. The molecule has 1 atom stereocenters. The van der Waals surface area contributed by atoms with E-state index in [2.05, 4.69) is 55.1 Å². The van der Waals surface area contributed by atoms with E-state index in [0.29, 0.717) is 13.2 Å². The van der Waals surface area contributed by atoms with E-state index in [0.717, 1.165) is 36.9 Å². The predicted octanol–water partition coefficient (Wildman–Crippen LogP) is 4.02. The van der Waals surface area contributed by atoms with Crippen LogP contribution in [0, 0.1) is 0 Å². The van der Waals surface area contributed by atoms with Crippen molar-refractivity contribution in [1.82, 2.24) is 4.90 Å². The number of carbonyl (C=O) groups excluding carboxylic acids is 1. The van der Waals surface area contributed by atoms with Gasteiger partial charge in [-0.1, -0.05) is 61.2 Å². The Bertz CT molecular complexity index is 881. The van der Waals surface area contributed by atoms with Gasteiger partial charge in [0.25, 0.3) is 0 Å². The Morgan fingerprint density at radius 2 is 1.85 bits per heavy atom. The van der Waals surface area contributed by atoms with Crippen molar-refractivity contribution in [1.29, 1.82) is 0 Å². The Morgan fingerprint density at radius 1 is 1.08 bits per heavy atom. The molecule has 2 heterocycles. The van der Waals surface area contributed by atoms with Crippen molar-refractivity contribution >= 4 is 12.0 Å². The summed E-state index contributed by atoms with van der Waals surface area (Å²) in [5.41, 5.74) is 4.16. The van der Waals surface area contributed by atoms with Gasteiger partial charge in [-0.15, -0.1) is 0 Å². The van der Waals surface area contributed by atoms with E-state index in [1.54, 1.807) is 0 Å². The molecule has 1 saturated heterocycles. The second-order valence-corrected chi connectivity index (χ2v) is 7.83. The number of hydrogen-bond donors (Lipinski definition) is 0. The maximum atomic E-state index is 13.4. The van der Waals surface area contributed by atoms with E-state index >= 15 is 0 Å². The summed E-state index contributed by atoms with van der Waals surface area (Å²) in [5, 5.41) is 0. The van der Waals surface area contributed by atoms with Crippen LogP contribution >= 0.6 is 0 Å². The van der Waals surface area contributed by atoms with Gasteiger partial charge in [-0.05, 0) is 41.5 Å². The lowest BCUT2D eigenvalue weighted by atomic mass is 9.91. The van der Waals surface area contributed by atoms with Crippen molar-refractivity contribution < 1.29 is 9.53 Å². The molecule has 2 aromatic carbocycles. The average Bonchev–Trinajstić information content (AvgIpc) is 3.28. The second-order valence-electron chi connectivity index (χ2n) is 7.83. The average molecular weight is 345 g/mol. The molecule has 0 N–H and O–H groups in total. The van der Waals surface area contributed by atoms with E-state index in [1.807, 2.05) is 11.0 Å². The summed E-state index contributed by atoms with van der Waals surface area (Å²) in [6, 6.07) is 16.7. The smallest absolute Gasteiger partial charge is 0.233 e. The van der Waals surface area contributed by atoms with Crippen molar-refractivity contribution in [3.8, 4) is 0 Å². The molecule has 0 radical (unpaired) electrons. The van der Waals surface area contributed by atoms with Gasteiger partial charge in [-0.2, -0.15) is 0 Å². The zero-order valence-corrected chi connectivity index (χ0v) is 14.9. The molecular weight excluding hydrogens is 322 g/mol. The van der Waals surface area contributed by atoms with Crippen molar-refractivity contribution in [2.24, 2.45) is 0 Å². The summed E-state index contributed by atoms with van der Waals surface area (Å²) in [6.07, 6.45) is 4.62. The third kappa shape index (κ3) is 2.20. The first-order valence-electron chi connectivity index (χ1n) is 9.42. The van der Waals surface area contributed by atoms with Crippen LogP contribution < -0.4 is 0 Å².